The standard InChI is InChI=1S/C15H23N/c1-10(2)7-15-14-8-11(3)5-6-13(14)12(4)9-16-15/h5-6,8,10,12,15-16H,7,9H2,1-4H3. The highest BCUT2D eigenvalue weighted by Crippen LogP contribution is 2.33. The molecule has 0 aliphatic carbocycles. The number of hydrogen-bond acceptors (Lipinski definition) is 1. The highest BCUT2D eigenvalue weighted by Gasteiger charge is 2.24. The summed E-state index contributed by atoms with van der Waals surface area (Å²) in [5.74, 6) is 1.40. The molecule has 1 nitrogen and oxygen atoms in total. The summed E-state index contributed by atoms with van der Waals surface area (Å²) in [4.78, 5) is 0. The van der Waals surface area contributed by atoms with Crippen molar-refractivity contribution in [2.45, 2.75) is 46.1 Å². The molecule has 0 radical (unpaired) electrons. The second kappa shape index (κ2) is 4.58. The Morgan fingerprint density at radius 2 is 2.06 bits per heavy atom. The molecule has 1 aromatic carbocycles. The Kier molecular flexibility index (Phi) is 3.34. The maximum absolute atomic E-state index is 3.68. The number of hydrogen-bond donors (Lipinski definition) is 1. The van der Waals surface area contributed by atoms with Gasteiger partial charge < -0.3 is 5.32 Å². The first-order valence-electron chi connectivity index (χ1n) is 6.41. The minimum atomic E-state index is 0.561. The summed E-state index contributed by atoms with van der Waals surface area (Å²) in [6.45, 7) is 10.2. The van der Waals surface area contributed by atoms with Crippen LogP contribution in [0.25, 0.3) is 0 Å². The van der Waals surface area contributed by atoms with Gasteiger partial charge in [-0.3, -0.25) is 0 Å². The Morgan fingerprint density at radius 3 is 2.75 bits per heavy atom. The quantitative estimate of drug-likeness (QED) is 0.794. The van der Waals surface area contributed by atoms with Gasteiger partial charge in [-0.2, -0.15) is 0 Å². The molecular formula is C15H23N. The second-order valence-corrected chi connectivity index (χ2v) is 5.62. The van der Waals surface area contributed by atoms with E-state index in [-0.39, 0.29) is 0 Å². The van der Waals surface area contributed by atoms with Gasteiger partial charge in [0.15, 0.2) is 0 Å². The first kappa shape index (κ1) is 11.7. The minimum Gasteiger partial charge on any atom is -0.309 e. The summed E-state index contributed by atoms with van der Waals surface area (Å²) in [5, 5.41) is 3.68. The fourth-order valence-corrected chi connectivity index (χ4v) is 2.67. The molecule has 0 aromatic heterocycles. The van der Waals surface area contributed by atoms with Crippen LogP contribution in [0.15, 0.2) is 18.2 Å². The lowest BCUT2D eigenvalue weighted by Crippen LogP contribution is -2.32. The molecule has 1 aliphatic rings. The molecule has 0 bridgehead atoms. The van der Waals surface area contributed by atoms with Crippen LogP contribution in [-0.4, -0.2) is 6.54 Å². The highest BCUT2D eigenvalue weighted by atomic mass is 14.9. The molecule has 0 saturated carbocycles. The number of fused-ring (bicyclic) bond motifs is 1. The normalized spacial score (nSPS) is 24.6. The third kappa shape index (κ3) is 2.30. The lowest BCUT2D eigenvalue weighted by atomic mass is 9.84. The maximum atomic E-state index is 3.68. The van der Waals surface area contributed by atoms with Crippen molar-refractivity contribution in [2.24, 2.45) is 5.92 Å². The van der Waals surface area contributed by atoms with Crippen molar-refractivity contribution in [1.29, 1.82) is 0 Å². The Balaban J connectivity index is 2.34. The van der Waals surface area contributed by atoms with Gasteiger partial charge in [0.25, 0.3) is 0 Å². The van der Waals surface area contributed by atoms with Gasteiger partial charge in [-0.15, -0.1) is 0 Å². The molecule has 0 saturated heterocycles. The van der Waals surface area contributed by atoms with E-state index in [1.54, 1.807) is 5.56 Å². The van der Waals surface area contributed by atoms with Crippen molar-refractivity contribution in [1.82, 2.24) is 5.32 Å². The summed E-state index contributed by atoms with van der Waals surface area (Å²) in [5.41, 5.74) is 4.46. The SMILES string of the molecule is Cc1ccc2c(c1)C(CC(C)C)NCC2C. The lowest BCUT2D eigenvalue weighted by Gasteiger charge is -2.32. The van der Waals surface area contributed by atoms with Crippen LogP contribution in [-0.2, 0) is 0 Å². The summed E-state index contributed by atoms with van der Waals surface area (Å²) >= 11 is 0. The van der Waals surface area contributed by atoms with E-state index in [4.69, 9.17) is 0 Å². The van der Waals surface area contributed by atoms with Crippen molar-refractivity contribution in [3.8, 4) is 0 Å². The van der Waals surface area contributed by atoms with Gasteiger partial charge in [0.2, 0.25) is 0 Å². The van der Waals surface area contributed by atoms with Crippen LogP contribution in [0, 0.1) is 12.8 Å². The molecule has 1 aliphatic heterocycles. The third-order valence-corrected chi connectivity index (χ3v) is 3.53. The van der Waals surface area contributed by atoms with Crippen LogP contribution in [0.4, 0.5) is 0 Å². The van der Waals surface area contributed by atoms with Crippen LogP contribution in [0.5, 0.6) is 0 Å². The van der Waals surface area contributed by atoms with Gasteiger partial charge in [-0.25, -0.2) is 0 Å². The second-order valence-electron chi connectivity index (χ2n) is 5.62. The molecule has 1 heteroatoms. The van der Waals surface area contributed by atoms with Gasteiger partial charge in [0, 0.05) is 12.6 Å². The van der Waals surface area contributed by atoms with Crippen molar-refractivity contribution < 1.29 is 0 Å². The van der Waals surface area contributed by atoms with E-state index in [1.165, 1.54) is 17.5 Å². The van der Waals surface area contributed by atoms with Crippen LogP contribution < -0.4 is 5.32 Å². The predicted molar refractivity (Wildman–Crippen MR) is 69.8 cm³/mol. The smallest absolute Gasteiger partial charge is 0.0325 e. The number of nitrogens with one attached hydrogen (secondary N) is 1. The van der Waals surface area contributed by atoms with Crippen molar-refractivity contribution >= 4 is 0 Å². The molecule has 2 atom stereocenters. The minimum absolute atomic E-state index is 0.561. The van der Waals surface area contributed by atoms with Crippen LogP contribution in [0.2, 0.25) is 0 Å². The molecule has 16 heavy (non-hydrogen) atoms. The Bertz CT molecular complexity index is 368. The Labute approximate surface area is 99.3 Å². The number of rotatable bonds is 2. The monoisotopic (exact) mass is 217 g/mol. The molecule has 0 amide bonds. The van der Waals surface area contributed by atoms with Crippen LogP contribution in [0.1, 0.15) is 55.8 Å². The molecule has 0 fully saturated rings. The van der Waals surface area contributed by atoms with Gasteiger partial charge in [-0.05, 0) is 36.3 Å². The van der Waals surface area contributed by atoms with Crippen molar-refractivity contribution in [3.05, 3.63) is 34.9 Å². The van der Waals surface area contributed by atoms with Gasteiger partial charge >= 0.3 is 0 Å². The molecule has 2 rings (SSSR count). The molecule has 0 spiro atoms. The van der Waals surface area contributed by atoms with E-state index >= 15 is 0 Å². The van der Waals surface area contributed by atoms with Gasteiger partial charge in [-0.1, -0.05) is 44.5 Å². The Hall–Kier alpha value is -0.820. The van der Waals surface area contributed by atoms with Gasteiger partial charge in [0.1, 0.15) is 0 Å². The maximum Gasteiger partial charge on any atom is 0.0325 e. The third-order valence-electron chi connectivity index (χ3n) is 3.53. The van der Waals surface area contributed by atoms with E-state index in [9.17, 15) is 0 Å². The highest BCUT2D eigenvalue weighted by molar-refractivity contribution is 5.38. The zero-order chi connectivity index (χ0) is 11.7. The van der Waals surface area contributed by atoms with E-state index in [2.05, 4.69) is 51.2 Å². The summed E-state index contributed by atoms with van der Waals surface area (Å²) in [6, 6.07) is 7.49. The van der Waals surface area contributed by atoms with Crippen LogP contribution >= 0.6 is 0 Å². The average Bonchev–Trinajstić information content (AvgIpc) is 2.22. The predicted octanol–water partition coefficient (Wildman–Crippen LogP) is 3.79. The first-order chi connectivity index (χ1) is 7.58. The first-order valence-corrected chi connectivity index (χ1v) is 6.41. The van der Waals surface area contributed by atoms with Gasteiger partial charge in [0.05, 0.1) is 0 Å². The van der Waals surface area contributed by atoms with Crippen LogP contribution in [0.3, 0.4) is 0 Å². The number of benzene rings is 1. The summed E-state index contributed by atoms with van der Waals surface area (Å²) in [6.07, 6.45) is 1.24. The fourth-order valence-electron chi connectivity index (χ4n) is 2.67. The summed E-state index contributed by atoms with van der Waals surface area (Å²) < 4.78 is 0. The Morgan fingerprint density at radius 1 is 1.31 bits per heavy atom. The summed E-state index contributed by atoms with van der Waals surface area (Å²) in [7, 11) is 0. The average molecular weight is 217 g/mol. The van der Waals surface area contributed by atoms with E-state index in [1.807, 2.05) is 0 Å². The van der Waals surface area contributed by atoms with Crippen molar-refractivity contribution in [2.75, 3.05) is 6.54 Å². The zero-order valence-electron chi connectivity index (χ0n) is 10.9. The molecule has 1 N–H and O–H groups in total. The number of aryl methyl sites for hydroxylation is 1. The van der Waals surface area contributed by atoms with Crippen molar-refractivity contribution in [3.63, 3.8) is 0 Å². The molecule has 2 unspecified atom stereocenters. The topological polar surface area (TPSA) is 12.0 Å². The molecular weight excluding hydrogens is 194 g/mol. The van der Waals surface area contributed by atoms with E-state index < -0.39 is 0 Å². The molecule has 88 valence electrons. The lowest BCUT2D eigenvalue weighted by molar-refractivity contribution is 0.396. The van der Waals surface area contributed by atoms with E-state index in [0.29, 0.717) is 12.0 Å². The fraction of sp³-hybridized carbons (Fsp3) is 0.600. The zero-order valence-corrected chi connectivity index (χ0v) is 10.9. The molecule has 1 aromatic rings. The van der Waals surface area contributed by atoms with E-state index in [0.717, 1.165) is 12.5 Å². The molecule has 1 heterocycles. The largest absolute Gasteiger partial charge is 0.309 e.